The number of hydrogen-bond acceptors (Lipinski definition) is 3. The van der Waals surface area contributed by atoms with Gasteiger partial charge in [-0.25, -0.2) is 4.98 Å². The van der Waals surface area contributed by atoms with Crippen molar-refractivity contribution in [1.29, 1.82) is 0 Å². The lowest BCUT2D eigenvalue weighted by molar-refractivity contribution is 0.570. The van der Waals surface area contributed by atoms with Crippen LogP contribution >= 0.6 is 11.3 Å². The van der Waals surface area contributed by atoms with Crippen LogP contribution in [0.5, 0.6) is 0 Å². The Balaban J connectivity index is 2.02. The number of para-hydroxylation sites is 1. The van der Waals surface area contributed by atoms with Gasteiger partial charge in [0.15, 0.2) is 0 Å². The molecule has 0 bridgehead atoms. The van der Waals surface area contributed by atoms with Crippen LogP contribution < -0.4 is 5.73 Å². The van der Waals surface area contributed by atoms with Gasteiger partial charge in [0.25, 0.3) is 0 Å². The lowest BCUT2D eigenvalue weighted by atomic mass is 10.1. The first-order chi connectivity index (χ1) is 9.56. The molecule has 0 aliphatic heterocycles. The van der Waals surface area contributed by atoms with E-state index in [-0.39, 0.29) is 0 Å². The van der Waals surface area contributed by atoms with Crippen LogP contribution in [-0.2, 0) is 6.42 Å². The highest BCUT2D eigenvalue weighted by Gasteiger charge is 2.16. The van der Waals surface area contributed by atoms with Gasteiger partial charge < -0.3 is 10.3 Å². The highest BCUT2D eigenvalue weighted by molar-refractivity contribution is 7.11. The number of aryl methyl sites for hydroxylation is 2. The summed E-state index contributed by atoms with van der Waals surface area (Å²) in [6.45, 7) is 6.46. The molecular formula is C16H19N3S. The zero-order chi connectivity index (χ0) is 14.3. The second kappa shape index (κ2) is 4.94. The minimum Gasteiger partial charge on any atom is -0.369 e. The Morgan fingerprint density at radius 2 is 2.05 bits per heavy atom. The highest BCUT2D eigenvalue weighted by atomic mass is 32.1. The van der Waals surface area contributed by atoms with Crippen LogP contribution in [0.4, 0.5) is 5.95 Å². The predicted molar refractivity (Wildman–Crippen MR) is 86.4 cm³/mol. The fourth-order valence-corrected chi connectivity index (χ4v) is 3.77. The van der Waals surface area contributed by atoms with E-state index in [0.29, 0.717) is 12.0 Å². The lowest BCUT2D eigenvalue weighted by Crippen LogP contribution is -2.11. The van der Waals surface area contributed by atoms with Crippen LogP contribution in [-0.4, -0.2) is 9.55 Å². The zero-order valence-corrected chi connectivity index (χ0v) is 12.9. The summed E-state index contributed by atoms with van der Waals surface area (Å²) in [7, 11) is 0. The molecule has 0 saturated carbocycles. The number of imidazole rings is 1. The number of rotatable bonds is 3. The first-order valence-electron chi connectivity index (χ1n) is 6.84. The van der Waals surface area contributed by atoms with Gasteiger partial charge in [-0.3, -0.25) is 0 Å². The molecule has 3 rings (SSSR count). The molecule has 1 unspecified atom stereocenters. The van der Waals surface area contributed by atoms with Crippen LogP contribution in [0.2, 0.25) is 0 Å². The third-order valence-corrected chi connectivity index (χ3v) is 4.70. The van der Waals surface area contributed by atoms with Gasteiger partial charge in [0.2, 0.25) is 5.95 Å². The van der Waals surface area contributed by atoms with Gasteiger partial charge in [0.05, 0.1) is 11.0 Å². The van der Waals surface area contributed by atoms with Gasteiger partial charge in [-0.05, 0) is 44.5 Å². The lowest BCUT2D eigenvalue weighted by Gasteiger charge is -2.16. The molecule has 0 saturated heterocycles. The Hall–Kier alpha value is -1.81. The van der Waals surface area contributed by atoms with E-state index in [0.717, 1.165) is 17.5 Å². The number of thiophene rings is 1. The minimum atomic E-state index is 0.305. The molecule has 1 aromatic carbocycles. The molecule has 0 amide bonds. The van der Waals surface area contributed by atoms with E-state index >= 15 is 0 Å². The molecule has 4 heteroatoms. The third kappa shape index (κ3) is 2.20. The summed E-state index contributed by atoms with van der Waals surface area (Å²) in [6.07, 6.45) is 0.989. The van der Waals surface area contributed by atoms with Crippen molar-refractivity contribution < 1.29 is 0 Å². The van der Waals surface area contributed by atoms with Crippen molar-refractivity contribution in [2.24, 2.45) is 0 Å². The molecule has 2 N–H and O–H groups in total. The van der Waals surface area contributed by atoms with E-state index in [1.165, 1.54) is 15.3 Å². The Morgan fingerprint density at radius 1 is 1.25 bits per heavy atom. The fourth-order valence-electron chi connectivity index (χ4n) is 2.76. The van der Waals surface area contributed by atoms with Crippen molar-refractivity contribution in [3.05, 3.63) is 45.6 Å². The first-order valence-corrected chi connectivity index (χ1v) is 7.66. The molecule has 0 aliphatic rings. The second-order valence-corrected chi connectivity index (χ2v) is 6.72. The number of hydrogen-bond donors (Lipinski definition) is 1. The molecule has 3 aromatic rings. The van der Waals surface area contributed by atoms with Gasteiger partial charge in [0, 0.05) is 22.2 Å². The number of benzene rings is 1. The Kier molecular flexibility index (Phi) is 3.26. The standard InChI is InChI=1S/C16H19N3S/c1-10-5-4-6-14-15(10)19(16(17)18-14)11(2)9-13-8-7-12(3)20-13/h4-8,11H,9H2,1-3H3,(H2,17,18). The second-order valence-electron chi connectivity index (χ2n) is 5.35. The van der Waals surface area contributed by atoms with Crippen LogP contribution in [0, 0.1) is 13.8 Å². The van der Waals surface area contributed by atoms with E-state index in [9.17, 15) is 0 Å². The van der Waals surface area contributed by atoms with Gasteiger partial charge in [-0.15, -0.1) is 11.3 Å². The van der Waals surface area contributed by atoms with Crippen LogP contribution in [0.1, 0.15) is 28.3 Å². The van der Waals surface area contributed by atoms with Crippen molar-refractivity contribution in [1.82, 2.24) is 9.55 Å². The molecule has 0 aliphatic carbocycles. The van der Waals surface area contributed by atoms with E-state index in [4.69, 9.17) is 5.73 Å². The number of nitrogens with two attached hydrogens (primary N) is 1. The van der Waals surface area contributed by atoms with Crippen molar-refractivity contribution in [3.8, 4) is 0 Å². The summed E-state index contributed by atoms with van der Waals surface area (Å²) >= 11 is 1.85. The number of anilines is 1. The number of fused-ring (bicyclic) bond motifs is 1. The molecule has 3 nitrogen and oxygen atoms in total. The zero-order valence-electron chi connectivity index (χ0n) is 12.1. The summed E-state index contributed by atoms with van der Waals surface area (Å²) in [5.41, 5.74) is 9.50. The Bertz CT molecular complexity index is 754. The van der Waals surface area contributed by atoms with Crippen LogP contribution in [0.3, 0.4) is 0 Å². The highest BCUT2D eigenvalue weighted by Crippen LogP contribution is 2.28. The maximum atomic E-state index is 6.14. The van der Waals surface area contributed by atoms with Crippen LogP contribution in [0.25, 0.3) is 11.0 Å². The molecule has 20 heavy (non-hydrogen) atoms. The number of nitrogens with zero attached hydrogens (tertiary/aromatic N) is 2. The van der Waals surface area contributed by atoms with E-state index < -0.39 is 0 Å². The molecule has 2 aromatic heterocycles. The normalized spacial score (nSPS) is 12.9. The summed E-state index contributed by atoms with van der Waals surface area (Å²) in [5, 5.41) is 0. The molecule has 0 spiro atoms. The molecule has 1 atom stereocenters. The molecule has 0 fully saturated rings. The summed E-state index contributed by atoms with van der Waals surface area (Å²) in [4.78, 5) is 7.23. The SMILES string of the molecule is Cc1ccc(CC(C)n2c(N)nc3cccc(C)c32)s1. The maximum Gasteiger partial charge on any atom is 0.201 e. The predicted octanol–water partition coefficient (Wildman–Crippen LogP) is 4.10. The van der Waals surface area contributed by atoms with Crippen molar-refractivity contribution in [2.75, 3.05) is 5.73 Å². The molecule has 2 heterocycles. The molecular weight excluding hydrogens is 266 g/mol. The van der Waals surface area contributed by atoms with Crippen molar-refractivity contribution in [2.45, 2.75) is 33.2 Å². The smallest absolute Gasteiger partial charge is 0.201 e. The largest absolute Gasteiger partial charge is 0.369 e. The van der Waals surface area contributed by atoms with Gasteiger partial charge in [0.1, 0.15) is 0 Å². The van der Waals surface area contributed by atoms with Gasteiger partial charge >= 0.3 is 0 Å². The quantitative estimate of drug-likeness (QED) is 0.787. The van der Waals surface area contributed by atoms with Gasteiger partial charge in [-0.2, -0.15) is 0 Å². The monoisotopic (exact) mass is 285 g/mol. The van der Waals surface area contributed by atoms with Crippen LogP contribution in [0.15, 0.2) is 30.3 Å². The van der Waals surface area contributed by atoms with E-state index in [1.54, 1.807) is 0 Å². The molecule has 104 valence electrons. The number of nitrogen functional groups attached to an aromatic ring is 1. The minimum absolute atomic E-state index is 0.305. The first kappa shape index (κ1) is 13.2. The topological polar surface area (TPSA) is 43.8 Å². The number of aromatic nitrogens is 2. The summed E-state index contributed by atoms with van der Waals surface area (Å²) in [6, 6.07) is 10.9. The maximum absolute atomic E-state index is 6.14. The Morgan fingerprint density at radius 3 is 2.75 bits per heavy atom. The van der Waals surface area contributed by atoms with Gasteiger partial charge in [-0.1, -0.05) is 12.1 Å². The third-order valence-electron chi connectivity index (χ3n) is 3.67. The summed E-state index contributed by atoms with van der Waals surface area (Å²) in [5.74, 6) is 0.607. The Labute approximate surface area is 123 Å². The average Bonchev–Trinajstić information content (AvgIpc) is 2.93. The van der Waals surface area contributed by atoms with Crippen molar-refractivity contribution >= 4 is 28.3 Å². The van der Waals surface area contributed by atoms with E-state index in [2.05, 4.69) is 48.5 Å². The summed E-state index contributed by atoms with van der Waals surface area (Å²) < 4.78 is 2.17. The fraction of sp³-hybridized carbons (Fsp3) is 0.312. The van der Waals surface area contributed by atoms with Crippen molar-refractivity contribution in [3.63, 3.8) is 0 Å². The average molecular weight is 285 g/mol. The molecule has 0 radical (unpaired) electrons. The van der Waals surface area contributed by atoms with E-state index in [1.807, 2.05) is 23.5 Å².